The van der Waals surface area contributed by atoms with Crippen molar-refractivity contribution in [2.75, 3.05) is 20.3 Å². The maximum atomic E-state index is 12.1. The summed E-state index contributed by atoms with van der Waals surface area (Å²) in [5.41, 5.74) is 0. The minimum atomic E-state index is -0.288. The van der Waals surface area contributed by atoms with Crippen LogP contribution >= 0.6 is 0 Å². The predicted molar refractivity (Wildman–Crippen MR) is 69.6 cm³/mol. The van der Waals surface area contributed by atoms with Crippen LogP contribution in [0.15, 0.2) is 18.5 Å². The molecule has 2 heterocycles. The number of carbonyl (C=O) groups is 1. The lowest BCUT2D eigenvalue weighted by molar-refractivity contribution is -0.170. The fourth-order valence-electron chi connectivity index (χ4n) is 2.07. The Morgan fingerprint density at radius 2 is 2.53 bits per heavy atom. The molecule has 106 valence electrons. The van der Waals surface area contributed by atoms with Crippen LogP contribution in [0.4, 0.5) is 0 Å². The highest BCUT2D eigenvalue weighted by molar-refractivity contribution is 5.85. The van der Waals surface area contributed by atoms with E-state index in [2.05, 4.69) is 10.4 Å². The lowest BCUT2D eigenvalue weighted by atomic mass is 10.2. The number of Topliss-reactive ketones (excluding diaryl/α,β-unsaturated/α-hetero) is 1. The molecule has 1 saturated heterocycles. The zero-order valence-electron chi connectivity index (χ0n) is 11.2. The van der Waals surface area contributed by atoms with Crippen LogP contribution in [0, 0.1) is 0 Å². The number of nitrogens with zero attached hydrogens (tertiary/aromatic N) is 2. The fourth-order valence-corrected chi connectivity index (χ4v) is 2.07. The van der Waals surface area contributed by atoms with E-state index in [0.717, 1.165) is 25.9 Å². The Bertz CT molecular complexity index is 374. The van der Waals surface area contributed by atoms with Gasteiger partial charge in [0.05, 0.1) is 12.6 Å². The van der Waals surface area contributed by atoms with Gasteiger partial charge in [0.1, 0.15) is 6.61 Å². The Labute approximate surface area is 113 Å². The molecule has 0 aromatic carbocycles. The van der Waals surface area contributed by atoms with Crippen LogP contribution in [0.25, 0.3) is 0 Å². The molecule has 0 saturated carbocycles. The van der Waals surface area contributed by atoms with E-state index in [9.17, 15) is 4.79 Å². The molecule has 0 spiro atoms. The molecule has 6 heteroatoms. The summed E-state index contributed by atoms with van der Waals surface area (Å²) in [4.78, 5) is 12.1. The second-order valence-electron chi connectivity index (χ2n) is 4.64. The number of ketones is 1. The largest absolute Gasteiger partial charge is 0.353 e. The lowest BCUT2D eigenvalue weighted by Gasteiger charge is -2.23. The lowest BCUT2D eigenvalue weighted by Crippen LogP contribution is -2.41. The van der Waals surface area contributed by atoms with Crippen molar-refractivity contribution in [2.24, 2.45) is 0 Å². The number of hydrogen-bond donors (Lipinski definition) is 1. The first kappa shape index (κ1) is 14.2. The summed E-state index contributed by atoms with van der Waals surface area (Å²) in [6, 6.07) is 1.55. The van der Waals surface area contributed by atoms with Crippen molar-refractivity contribution < 1.29 is 14.3 Å². The summed E-state index contributed by atoms with van der Waals surface area (Å²) in [7, 11) is 1.77. The van der Waals surface area contributed by atoms with Crippen LogP contribution in [-0.2, 0) is 20.8 Å². The quantitative estimate of drug-likeness (QED) is 0.783. The van der Waals surface area contributed by atoms with Gasteiger partial charge in [-0.1, -0.05) is 0 Å². The number of rotatable bonds is 7. The second-order valence-corrected chi connectivity index (χ2v) is 4.64. The first-order valence-electron chi connectivity index (χ1n) is 6.70. The van der Waals surface area contributed by atoms with Crippen molar-refractivity contribution in [3.8, 4) is 0 Å². The van der Waals surface area contributed by atoms with Crippen molar-refractivity contribution in [3.05, 3.63) is 18.5 Å². The first-order valence-corrected chi connectivity index (χ1v) is 6.70. The molecule has 1 N–H and O–H groups in total. The minimum absolute atomic E-state index is 0.0205. The highest BCUT2D eigenvalue weighted by Gasteiger charge is 2.20. The van der Waals surface area contributed by atoms with E-state index in [4.69, 9.17) is 9.47 Å². The Hall–Kier alpha value is -1.24. The molecule has 1 aliphatic heterocycles. The molecule has 1 aromatic heterocycles. The normalized spacial score (nSPS) is 21.2. The van der Waals surface area contributed by atoms with Gasteiger partial charge in [-0.2, -0.15) is 5.10 Å². The van der Waals surface area contributed by atoms with Gasteiger partial charge in [0.2, 0.25) is 0 Å². The Morgan fingerprint density at radius 1 is 1.63 bits per heavy atom. The van der Waals surface area contributed by atoms with E-state index < -0.39 is 0 Å². The summed E-state index contributed by atoms with van der Waals surface area (Å²) in [6.07, 6.45) is 6.36. The number of ether oxygens (including phenoxy) is 2. The van der Waals surface area contributed by atoms with Crippen molar-refractivity contribution in [1.29, 1.82) is 0 Å². The van der Waals surface area contributed by atoms with Gasteiger partial charge in [-0.05, 0) is 32.4 Å². The molecule has 1 unspecified atom stereocenters. The SMILES string of the molecule is CN[C@@H](Cn1cccn1)C(=O)COC1CCCCO1. The van der Waals surface area contributed by atoms with Gasteiger partial charge in [-0.25, -0.2) is 0 Å². The Morgan fingerprint density at radius 3 is 3.16 bits per heavy atom. The highest BCUT2D eigenvalue weighted by Crippen LogP contribution is 2.13. The zero-order chi connectivity index (χ0) is 13.5. The predicted octanol–water partition coefficient (Wildman–Crippen LogP) is 0.583. The molecule has 1 aliphatic rings. The molecule has 0 amide bonds. The monoisotopic (exact) mass is 267 g/mol. The van der Waals surface area contributed by atoms with Gasteiger partial charge in [0, 0.05) is 19.0 Å². The average Bonchev–Trinajstić information content (AvgIpc) is 2.96. The molecule has 2 atom stereocenters. The summed E-state index contributed by atoms with van der Waals surface area (Å²) in [6.45, 7) is 1.32. The van der Waals surface area contributed by atoms with Crippen LogP contribution in [0.2, 0.25) is 0 Å². The van der Waals surface area contributed by atoms with Crippen LogP contribution in [-0.4, -0.2) is 48.2 Å². The minimum Gasteiger partial charge on any atom is -0.353 e. The molecule has 1 aromatic rings. The third kappa shape index (κ3) is 4.41. The van der Waals surface area contributed by atoms with E-state index >= 15 is 0 Å². The molecule has 0 radical (unpaired) electrons. The summed E-state index contributed by atoms with van der Waals surface area (Å²) in [5, 5.41) is 7.09. The smallest absolute Gasteiger partial charge is 0.177 e. The van der Waals surface area contributed by atoms with Crippen LogP contribution in [0.5, 0.6) is 0 Å². The van der Waals surface area contributed by atoms with Crippen LogP contribution in [0.1, 0.15) is 19.3 Å². The maximum Gasteiger partial charge on any atom is 0.177 e. The average molecular weight is 267 g/mol. The van der Waals surface area contributed by atoms with E-state index in [0.29, 0.717) is 6.54 Å². The standard InChI is InChI=1S/C13H21N3O3/c1-14-11(9-16-7-4-6-15-16)12(17)10-19-13-5-2-3-8-18-13/h4,6-7,11,13-14H,2-3,5,8-10H2,1H3/t11-,13?/m0/s1. The molecule has 1 fully saturated rings. The van der Waals surface area contributed by atoms with E-state index in [-0.39, 0.29) is 24.7 Å². The molecule has 2 rings (SSSR count). The topological polar surface area (TPSA) is 65.4 Å². The Balaban J connectivity index is 1.76. The van der Waals surface area contributed by atoms with Gasteiger partial charge in [0.15, 0.2) is 12.1 Å². The van der Waals surface area contributed by atoms with Gasteiger partial charge in [0.25, 0.3) is 0 Å². The van der Waals surface area contributed by atoms with E-state index in [1.807, 2.05) is 12.3 Å². The second kappa shape index (κ2) is 7.37. The molecular weight excluding hydrogens is 246 g/mol. The number of hydrogen-bond acceptors (Lipinski definition) is 5. The molecule has 19 heavy (non-hydrogen) atoms. The van der Waals surface area contributed by atoms with Crippen molar-refractivity contribution in [1.82, 2.24) is 15.1 Å². The van der Waals surface area contributed by atoms with Crippen molar-refractivity contribution >= 4 is 5.78 Å². The van der Waals surface area contributed by atoms with Gasteiger partial charge < -0.3 is 14.8 Å². The number of carbonyl (C=O) groups excluding carboxylic acids is 1. The van der Waals surface area contributed by atoms with Gasteiger partial charge in [-0.3, -0.25) is 9.48 Å². The third-order valence-electron chi connectivity index (χ3n) is 3.22. The molecule has 0 bridgehead atoms. The number of aromatic nitrogens is 2. The summed E-state index contributed by atoms with van der Waals surface area (Å²) in [5.74, 6) is 0.0205. The maximum absolute atomic E-state index is 12.1. The van der Waals surface area contributed by atoms with Gasteiger partial charge in [-0.15, -0.1) is 0 Å². The van der Waals surface area contributed by atoms with Crippen molar-refractivity contribution in [3.63, 3.8) is 0 Å². The summed E-state index contributed by atoms with van der Waals surface area (Å²) >= 11 is 0. The molecule has 0 aliphatic carbocycles. The van der Waals surface area contributed by atoms with E-state index in [1.54, 1.807) is 17.9 Å². The molecule has 6 nitrogen and oxygen atoms in total. The van der Waals surface area contributed by atoms with Crippen molar-refractivity contribution in [2.45, 2.75) is 38.1 Å². The van der Waals surface area contributed by atoms with E-state index in [1.165, 1.54) is 0 Å². The number of nitrogens with one attached hydrogen (secondary N) is 1. The zero-order valence-corrected chi connectivity index (χ0v) is 11.2. The molecular formula is C13H21N3O3. The third-order valence-corrected chi connectivity index (χ3v) is 3.22. The highest BCUT2D eigenvalue weighted by atomic mass is 16.7. The fraction of sp³-hybridized carbons (Fsp3) is 0.692. The number of likely N-dealkylation sites (N-methyl/N-ethyl adjacent to an activating group) is 1. The van der Waals surface area contributed by atoms with Crippen LogP contribution in [0.3, 0.4) is 0 Å². The Kier molecular flexibility index (Phi) is 5.50. The summed E-state index contributed by atoms with van der Waals surface area (Å²) < 4.78 is 12.7. The van der Waals surface area contributed by atoms with Gasteiger partial charge >= 0.3 is 0 Å². The van der Waals surface area contributed by atoms with Crippen LogP contribution < -0.4 is 5.32 Å². The first-order chi connectivity index (χ1) is 9.29.